The highest BCUT2D eigenvalue weighted by Gasteiger charge is 2.12. The first-order valence-electron chi connectivity index (χ1n) is 7.47. The van der Waals surface area contributed by atoms with Crippen LogP contribution in [-0.4, -0.2) is 21.2 Å². The zero-order chi connectivity index (χ0) is 18.0. The summed E-state index contributed by atoms with van der Waals surface area (Å²) in [6.45, 7) is 1.82. The monoisotopic (exact) mass is 358 g/mol. The summed E-state index contributed by atoms with van der Waals surface area (Å²) in [7, 11) is 0. The molecule has 0 bridgehead atoms. The van der Waals surface area contributed by atoms with Crippen LogP contribution in [0.2, 0.25) is 5.02 Å². The van der Waals surface area contributed by atoms with Gasteiger partial charge in [-0.05, 0) is 37.3 Å². The lowest BCUT2D eigenvalue weighted by Crippen LogP contribution is -2.20. The largest absolute Gasteiger partial charge is 0.465 e. The Morgan fingerprint density at radius 1 is 1.28 bits per heavy atom. The molecule has 1 aromatic carbocycles. The number of rotatable bonds is 4. The van der Waals surface area contributed by atoms with Crippen LogP contribution < -0.4 is 16.2 Å². The summed E-state index contributed by atoms with van der Waals surface area (Å²) in [6, 6.07) is 9.76. The Labute approximate surface area is 147 Å². The lowest BCUT2D eigenvalue weighted by atomic mass is 10.1. The Hall–Kier alpha value is -3.06. The summed E-state index contributed by atoms with van der Waals surface area (Å²) < 4.78 is 0. The molecular weight excluding hydrogens is 344 g/mol. The predicted octanol–water partition coefficient (Wildman–Crippen LogP) is 3.84. The van der Waals surface area contributed by atoms with Crippen LogP contribution in [0.4, 0.5) is 16.3 Å². The third-order valence-corrected chi connectivity index (χ3v) is 3.91. The topological polar surface area (TPSA) is 107 Å². The van der Waals surface area contributed by atoms with Gasteiger partial charge in [-0.3, -0.25) is 10.1 Å². The molecule has 2 heterocycles. The number of nitrogens with zero attached hydrogens (tertiary/aromatic N) is 1. The molecule has 7 nitrogen and oxygen atoms in total. The molecule has 1 atom stereocenters. The number of benzene rings is 1. The number of nitrogens with one attached hydrogen (secondary N) is 3. The van der Waals surface area contributed by atoms with Crippen molar-refractivity contribution in [1.82, 2.24) is 9.97 Å². The zero-order valence-electron chi connectivity index (χ0n) is 13.2. The normalized spacial score (nSPS) is 11.9. The number of aromatic amines is 1. The van der Waals surface area contributed by atoms with Gasteiger partial charge >= 0.3 is 6.09 Å². The quantitative estimate of drug-likeness (QED) is 0.566. The second kappa shape index (κ2) is 6.82. The van der Waals surface area contributed by atoms with Crippen molar-refractivity contribution in [3.63, 3.8) is 0 Å². The van der Waals surface area contributed by atoms with E-state index in [0.29, 0.717) is 27.6 Å². The summed E-state index contributed by atoms with van der Waals surface area (Å²) in [5, 5.41) is 15.5. The number of halogens is 1. The minimum atomic E-state index is -1.16. The molecule has 0 aliphatic rings. The summed E-state index contributed by atoms with van der Waals surface area (Å²) >= 11 is 6.01. The smallest absolute Gasteiger partial charge is 0.409 e. The fourth-order valence-electron chi connectivity index (χ4n) is 2.53. The molecule has 4 N–H and O–H groups in total. The number of hydrogen-bond acceptors (Lipinski definition) is 4. The van der Waals surface area contributed by atoms with Crippen molar-refractivity contribution in [3.8, 4) is 0 Å². The molecule has 8 heteroatoms. The first-order valence-corrected chi connectivity index (χ1v) is 7.85. The minimum Gasteiger partial charge on any atom is -0.465 e. The molecule has 0 saturated carbocycles. The predicted molar refractivity (Wildman–Crippen MR) is 97.5 cm³/mol. The molecule has 0 aliphatic heterocycles. The van der Waals surface area contributed by atoms with Crippen LogP contribution in [0.5, 0.6) is 0 Å². The standard InChI is InChI=1S/C17H15ClN4O3/c1-9(20-15-8-12(4-5-19-15)21-17(24)25)13-7-10-6-11(18)2-3-14(10)22-16(13)23/h2-9H,1H3,(H,22,23)(H,24,25)(H2,19,20,21)/t9-/m0/s1. The summed E-state index contributed by atoms with van der Waals surface area (Å²) in [6.07, 6.45) is 0.318. The Bertz CT molecular complexity index is 1000. The molecule has 0 saturated heterocycles. The lowest BCUT2D eigenvalue weighted by Gasteiger charge is -2.15. The Morgan fingerprint density at radius 2 is 2.08 bits per heavy atom. The summed E-state index contributed by atoms with van der Waals surface area (Å²) in [5.41, 5.74) is 1.40. The second-order valence-corrected chi connectivity index (χ2v) is 5.95. The van der Waals surface area contributed by atoms with E-state index in [1.54, 1.807) is 30.3 Å². The number of aromatic nitrogens is 2. The summed E-state index contributed by atoms with van der Waals surface area (Å²) in [5.74, 6) is 0.448. The van der Waals surface area contributed by atoms with E-state index >= 15 is 0 Å². The van der Waals surface area contributed by atoms with Crippen molar-refractivity contribution < 1.29 is 9.90 Å². The zero-order valence-corrected chi connectivity index (χ0v) is 14.0. The SMILES string of the molecule is C[C@H](Nc1cc(NC(=O)O)ccn1)c1cc2cc(Cl)ccc2[nH]c1=O. The van der Waals surface area contributed by atoms with Crippen LogP contribution in [0.25, 0.3) is 10.9 Å². The van der Waals surface area contributed by atoms with Gasteiger partial charge < -0.3 is 15.4 Å². The molecule has 0 unspecified atom stereocenters. The second-order valence-electron chi connectivity index (χ2n) is 5.51. The first-order chi connectivity index (χ1) is 11.9. The van der Waals surface area contributed by atoms with Crippen LogP contribution in [0.15, 0.2) is 47.4 Å². The van der Waals surface area contributed by atoms with E-state index in [9.17, 15) is 9.59 Å². The van der Waals surface area contributed by atoms with Gasteiger partial charge in [0.15, 0.2) is 0 Å². The van der Waals surface area contributed by atoms with Gasteiger partial charge in [-0.2, -0.15) is 0 Å². The number of fused-ring (bicyclic) bond motifs is 1. The van der Waals surface area contributed by atoms with Gasteiger partial charge in [0.2, 0.25) is 0 Å². The number of hydrogen-bond donors (Lipinski definition) is 4. The number of carboxylic acid groups (broad SMARTS) is 1. The van der Waals surface area contributed by atoms with E-state index in [-0.39, 0.29) is 11.6 Å². The molecule has 3 aromatic rings. The molecule has 0 aliphatic carbocycles. The van der Waals surface area contributed by atoms with Gasteiger partial charge in [-0.1, -0.05) is 11.6 Å². The van der Waals surface area contributed by atoms with E-state index < -0.39 is 6.09 Å². The maximum atomic E-state index is 12.3. The molecule has 25 heavy (non-hydrogen) atoms. The fraction of sp³-hybridized carbons (Fsp3) is 0.118. The van der Waals surface area contributed by atoms with Gasteiger partial charge in [0.1, 0.15) is 5.82 Å². The number of carbonyl (C=O) groups is 1. The Kier molecular flexibility index (Phi) is 4.58. The molecular formula is C17H15ClN4O3. The van der Waals surface area contributed by atoms with Crippen LogP contribution in [-0.2, 0) is 0 Å². The molecule has 0 fully saturated rings. The third kappa shape index (κ3) is 3.89. The average molecular weight is 359 g/mol. The van der Waals surface area contributed by atoms with Crippen molar-refractivity contribution in [2.75, 3.05) is 10.6 Å². The average Bonchev–Trinajstić information content (AvgIpc) is 2.54. The third-order valence-electron chi connectivity index (χ3n) is 3.68. The van der Waals surface area contributed by atoms with Crippen LogP contribution in [0.3, 0.4) is 0 Å². The number of pyridine rings is 2. The molecule has 128 valence electrons. The minimum absolute atomic E-state index is 0.213. The van der Waals surface area contributed by atoms with Crippen molar-refractivity contribution >= 4 is 40.1 Å². The maximum Gasteiger partial charge on any atom is 0.409 e. The molecule has 2 aromatic heterocycles. The Morgan fingerprint density at radius 3 is 2.84 bits per heavy atom. The fourth-order valence-corrected chi connectivity index (χ4v) is 2.71. The highest BCUT2D eigenvalue weighted by atomic mass is 35.5. The van der Waals surface area contributed by atoms with E-state index in [1.165, 1.54) is 12.3 Å². The van der Waals surface area contributed by atoms with Crippen molar-refractivity contribution in [2.45, 2.75) is 13.0 Å². The first kappa shape index (κ1) is 16.8. The highest BCUT2D eigenvalue weighted by molar-refractivity contribution is 6.31. The van der Waals surface area contributed by atoms with Gasteiger partial charge in [0.05, 0.1) is 6.04 Å². The molecule has 0 spiro atoms. The maximum absolute atomic E-state index is 12.3. The van der Waals surface area contributed by atoms with E-state index in [1.807, 2.05) is 6.92 Å². The van der Waals surface area contributed by atoms with Crippen molar-refractivity contribution in [2.24, 2.45) is 0 Å². The van der Waals surface area contributed by atoms with Crippen LogP contribution >= 0.6 is 11.6 Å². The lowest BCUT2D eigenvalue weighted by molar-refractivity contribution is 0.210. The van der Waals surface area contributed by atoms with Crippen molar-refractivity contribution in [3.05, 3.63) is 63.5 Å². The van der Waals surface area contributed by atoms with Gasteiger partial charge in [-0.25, -0.2) is 9.78 Å². The van der Waals surface area contributed by atoms with Gasteiger partial charge in [-0.15, -0.1) is 0 Å². The van der Waals surface area contributed by atoms with Crippen LogP contribution in [0.1, 0.15) is 18.5 Å². The number of amides is 1. The van der Waals surface area contributed by atoms with Crippen molar-refractivity contribution in [1.29, 1.82) is 0 Å². The molecule has 1 amide bonds. The number of H-pyrrole nitrogens is 1. The number of anilines is 2. The van der Waals surface area contributed by atoms with Gasteiger partial charge in [0, 0.05) is 39.4 Å². The Balaban J connectivity index is 1.89. The van der Waals surface area contributed by atoms with Crippen LogP contribution in [0, 0.1) is 0 Å². The highest BCUT2D eigenvalue weighted by Crippen LogP contribution is 2.22. The van der Waals surface area contributed by atoms with Gasteiger partial charge in [0.25, 0.3) is 5.56 Å². The summed E-state index contributed by atoms with van der Waals surface area (Å²) in [4.78, 5) is 30.0. The van der Waals surface area contributed by atoms with E-state index in [2.05, 4.69) is 20.6 Å². The molecule has 0 radical (unpaired) electrons. The van der Waals surface area contributed by atoms with E-state index in [4.69, 9.17) is 16.7 Å². The molecule has 3 rings (SSSR count). The van der Waals surface area contributed by atoms with E-state index in [0.717, 1.165) is 5.39 Å².